The summed E-state index contributed by atoms with van der Waals surface area (Å²) in [6, 6.07) is 13.6. The molecule has 0 aromatic heterocycles. The van der Waals surface area contributed by atoms with Crippen LogP contribution in [0.15, 0.2) is 42.5 Å². The average Bonchev–Trinajstić information content (AvgIpc) is 2.87. The molecule has 0 atom stereocenters. The van der Waals surface area contributed by atoms with Crippen LogP contribution < -0.4 is 9.47 Å². The standard InChI is InChI=1S/C17H16O3/c1-19-14-9-13-7-8-15(18)17(13)16(10-14)20-11-12-5-3-2-4-6-12/h2-6,9-10H,7-8,11H2,1H3. The van der Waals surface area contributed by atoms with Crippen molar-refractivity contribution in [3.05, 3.63) is 59.2 Å². The average molecular weight is 268 g/mol. The number of fused-ring (bicyclic) bond motifs is 1. The summed E-state index contributed by atoms with van der Waals surface area (Å²) in [6.07, 6.45) is 1.33. The molecule has 0 fully saturated rings. The fraction of sp³-hybridized carbons (Fsp3) is 0.235. The lowest BCUT2D eigenvalue weighted by atomic mass is 10.1. The summed E-state index contributed by atoms with van der Waals surface area (Å²) < 4.78 is 11.1. The number of rotatable bonds is 4. The van der Waals surface area contributed by atoms with Crippen molar-refractivity contribution in [1.82, 2.24) is 0 Å². The van der Waals surface area contributed by atoms with Gasteiger partial charge in [0.25, 0.3) is 0 Å². The Bertz CT molecular complexity index is 632. The van der Waals surface area contributed by atoms with Gasteiger partial charge in [0, 0.05) is 12.5 Å². The van der Waals surface area contributed by atoms with Gasteiger partial charge in [-0.3, -0.25) is 4.79 Å². The molecule has 1 aliphatic carbocycles. The fourth-order valence-electron chi connectivity index (χ4n) is 2.50. The first-order valence-electron chi connectivity index (χ1n) is 6.69. The second-order valence-electron chi connectivity index (χ2n) is 4.86. The third-order valence-electron chi connectivity index (χ3n) is 3.53. The first kappa shape index (κ1) is 12.7. The molecule has 2 aromatic rings. The van der Waals surface area contributed by atoms with E-state index in [9.17, 15) is 4.79 Å². The molecule has 0 saturated carbocycles. The maximum absolute atomic E-state index is 12.0. The summed E-state index contributed by atoms with van der Waals surface area (Å²) in [5.74, 6) is 1.53. The number of hydrogen-bond donors (Lipinski definition) is 0. The van der Waals surface area contributed by atoms with Crippen LogP contribution in [0, 0.1) is 0 Å². The van der Waals surface area contributed by atoms with E-state index < -0.39 is 0 Å². The second kappa shape index (κ2) is 5.37. The van der Waals surface area contributed by atoms with E-state index in [0.717, 1.165) is 28.9 Å². The van der Waals surface area contributed by atoms with E-state index in [2.05, 4.69) is 0 Å². The number of aryl methyl sites for hydroxylation is 1. The minimum absolute atomic E-state index is 0.158. The maximum Gasteiger partial charge on any atom is 0.167 e. The largest absolute Gasteiger partial charge is 0.497 e. The van der Waals surface area contributed by atoms with E-state index in [-0.39, 0.29) is 5.78 Å². The summed E-state index contributed by atoms with van der Waals surface area (Å²) in [4.78, 5) is 12.0. The van der Waals surface area contributed by atoms with E-state index in [4.69, 9.17) is 9.47 Å². The number of methoxy groups -OCH3 is 1. The molecule has 0 unspecified atom stereocenters. The van der Waals surface area contributed by atoms with E-state index in [1.807, 2.05) is 36.4 Å². The van der Waals surface area contributed by atoms with E-state index in [1.54, 1.807) is 13.2 Å². The number of carbonyl (C=O) groups is 1. The molecule has 0 heterocycles. The zero-order valence-corrected chi connectivity index (χ0v) is 11.4. The molecule has 0 aliphatic heterocycles. The summed E-state index contributed by atoms with van der Waals surface area (Å²) >= 11 is 0. The lowest BCUT2D eigenvalue weighted by molar-refractivity contribution is 0.0990. The Balaban J connectivity index is 1.89. The highest BCUT2D eigenvalue weighted by molar-refractivity contribution is 6.03. The Morgan fingerprint density at radius 3 is 2.65 bits per heavy atom. The van der Waals surface area contributed by atoms with Gasteiger partial charge in [-0.1, -0.05) is 30.3 Å². The van der Waals surface area contributed by atoms with E-state index >= 15 is 0 Å². The zero-order valence-electron chi connectivity index (χ0n) is 11.4. The van der Waals surface area contributed by atoms with Crippen molar-refractivity contribution in [2.24, 2.45) is 0 Å². The van der Waals surface area contributed by atoms with Gasteiger partial charge in [-0.25, -0.2) is 0 Å². The minimum atomic E-state index is 0.158. The molecule has 0 spiro atoms. The molecule has 0 saturated heterocycles. The predicted molar refractivity (Wildman–Crippen MR) is 76.4 cm³/mol. The van der Waals surface area contributed by atoms with Crippen LogP contribution in [0.1, 0.15) is 27.9 Å². The predicted octanol–water partition coefficient (Wildman–Crippen LogP) is 3.40. The van der Waals surface area contributed by atoms with Crippen LogP contribution in [0.3, 0.4) is 0 Å². The molecule has 20 heavy (non-hydrogen) atoms. The topological polar surface area (TPSA) is 35.5 Å². The molecule has 3 nitrogen and oxygen atoms in total. The van der Waals surface area contributed by atoms with Crippen molar-refractivity contribution in [2.45, 2.75) is 19.4 Å². The number of carbonyl (C=O) groups excluding carboxylic acids is 1. The van der Waals surface area contributed by atoms with Gasteiger partial charge < -0.3 is 9.47 Å². The highest BCUT2D eigenvalue weighted by Gasteiger charge is 2.25. The van der Waals surface area contributed by atoms with Crippen molar-refractivity contribution in [1.29, 1.82) is 0 Å². The third-order valence-corrected chi connectivity index (χ3v) is 3.53. The monoisotopic (exact) mass is 268 g/mol. The normalized spacial score (nSPS) is 13.2. The number of ether oxygens (including phenoxy) is 2. The van der Waals surface area contributed by atoms with Crippen LogP contribution in [-0.2, 0) is 13.0 Å². The first-order valence-corrected chi connectivity index (χ1v) is 6.69. The number of Topliss-reactive ketones (excluding diaryl/α,β-unsaturated/α-hetero) is 1. The van der Waals surface area contributed by atoms with Crippen LogP contribution in [0.4, 0.5) is 0 Å². The van der Waals surface area contributed by atoms with Gasteiger partial charge in [-0.15, -0.1) is 0 Å². The Kier molecular flexibility index (Phi) is 3.42. The SMILES string of the molecule is COc1cc2c(c(OCc3ccccc3)c1)C(=O)CC2. The van der Waals surface area contributed by atoms with Crippen LogP contribution in [-0.4, -0.2) is 12.9 Å². The minimum Gasteiger partial charge on any atom is -0.497 e. The number of ketones is 1. The smallest absolute Gasteiger partial charge is 0.167 e. The van der Waals surface area contributed by atoms with Gasteiger partial charge in [-0.2, -0.15) is 0 Å². The number of benzene rings is 2. The van der Waals surface area contributed by atoms with E-state index in [0.29, 0.717) is 18.8 Å². The van der Waals surface area contributed by atoms with Crippen molar-refractivity contribution < 1.29 is 14.3 Å². The summed E-state index contributed by atoms with van der Waals surface area (Å²) in [5.41, 5.74) is 2.83. The third kappa shape index (κ3) is 2.39. The molecule has 1 aliphatic rings. The van der Waals surface area contributed by atoms with Gasteiger partial charge in [0.05, 0.1) is 12.7 Å². The lowest BCUT2D eigenvalue weighted by Gasteiger charge is -2.12. The zero-order chi connectivity index (χ0) is 13.9. The molecule has 2 aromatic carbocycles. The molecule has 0 bridgehead atoms. The van der Waals surface area contributed by atoms with E-state index in [1.165, 1.54) is 0 Å². The lowest BCUT2D eigenvalue weighted by Crippen LogP contribution is -2.02. The molecule has 102 valence electrons. The van der Waals surface area contributed by atoms with Crippen LogP contribution in [0.25, 0.3) is 0 Å². The van der Waals surface area contributed by atoms with Crippen LogP contribution in [0.5, 0.6) is 11.5 Å². The van der Waals surface area contributed by atoms with Gasteiger partial charge >= 0.3 is 0 Å². The second-order valence-corrected chi connectivity index (χ2v) is 4.86. The fourth-order valence-corrected chi connectivity index (χ4v) is 2.50. The Hall–Kier alpha value is -2.29. The molecular formula is C17H16O3. The maximum atomic E-state index is 12.0. The summed E-state index contributed by atoms with van der Waals surface area (Å²) in [7, 11) is 1.62. The molecular weight excluding hydrogens is 252 g/mol. The van der Waals surface area contributed by atoms with Gasteiger partial charge in [0.1, 0.15) is 18.1 Å². The number of hydrogen-bond acceptors (Lipinski definition) is 3. The van der Waals surface area contributed by atoms with Crippen molar-refractivity contribution >= 4 is 5.78 Å². The molecule has 0 radical (unpaired) electrons. The summed E-state index contributed by atoms with van der Waals surface area (Å²) in [6.45, 7) is 0.452. The Morgan fingerprint density at radius 2 is 1.90 bits per heavy atom. The molecule has 0 amide bonds. The van der Waals surface area contributed by atoms with Crippen molar-refractivity contribution in [3.63, 3.8) is 0 Å². The van der Waals surface area contributed by atoms with Gasteiger partial charge in [0.15, 0.2) is 5.78 Å². The Morgan fingerprint density at radius 1 is 1.10 bits per heavy atom. The Labute approximate surface area is 118 Å². The quantitative estimate of drug-likeness (QED) is 0.852. The van der Waals surface area contributed by atoms with Crippen molar-refractivity contribution in [2.75, 3.05) is 7.11 Å². The highest BCUT2D eigenvalue weighted by atomic mass is 16.5. The molecule has 0 N–H and O–H groups in total. The van der Waals surface area contributed by atoms with Crippen LogP contribution >= 0.6 is 0 Å². The molecule has 3 rings (SSSR count). The molecule has 3 heteroatoms. The first-order chi connectivity index (χ1) is 9.78. The van der Waals surface area contributed by atoms with Crippen LogP contribution in [0.2, 0.25) is 0 Å². The summed E-state index contributed by atoms with van der Waals surface area (Å²) in [5, 5.41) is 0. The van der Waals surface area contributed by atoms with Crippen molar-refractivity contribution in [3.8, 4) is 11.5 Å². The van der Waals surface area contributed by atoms with Gasteiger partial charge in [0.2, 0.25) is 0 Å². The van der Waals surface area contributed by atoms with Gasteiger partial charge in [-0.05, 0) is 23.6 Å². The highest BCUT2D eigenvalue weighted by Crippen LogP contribution is 2.35.